The zero-order valence-corrected chi connectivity index (χ0v) is 24.1. The zero-order chi connectivity index (χ0) is 28.9. The number of hydroxylamine groups is 1. The predicted octanol–water partition coefficient (Wildman–Crippen LogP) is 4.47. The first-order chi connectivity index (χ1) is 19.9. The van der Waals surface area contributed by atoms with Crippen LogP contribution in [0.15, 0.2) is 55.5 Å². The summed E-state index contributed by atoms with van der Waals surface area (Å²) in [6.45, 7) is 7.92. The summed E-state index contributed by atoms with van der Waals surface area (Å²) >= 11 is 0. The summed E-state index contributed by atoms with van der Waals surface area (Å²) in [4.78, 5) is 36.3. The first kappa shape index (κ1) is 28.3. The van der Waals surface area contributed by atoms with Crippen LogP contribution in [0, 0.1) is 6.92 Å². The molecule has 1 aromatic carbocycles. The third-order valence-corrected chi connectivity index (χ3v) is 7.66. The average Bonchev–Trinajstić information content (AvgIpc) is 3.48. The van der Waals surface area contributed by atoms with E-state index in [0.717, 1.165) is 49.3 Å². The van der Waals surface area contributed by atoms with Gasteiger partial charge in [-0.15, -0.1) is 0 Å². The van der Waals surface area contributed by atoms with Crippen molar-refractivity contribution in [3.63, 3.8) is 0 Å². The fraction of sp³-hybridized carbons (Fsp3) is 0.400. The van der Waals surface area contributed by atoms with Crippen LogP contribution in [0.2, 0.25) is 0 Å². The van der Waals surface area contributed by atoms with Crippen LogP contribution >= 0.6 is 0 Å². The molecule has 2 aliphatic rings. The number of ether oxygens (including phenoxy) is 1. The molecular weight excluding hydrogens is 520 g/mol. The molecule has 0 unspecified atom stereocenters. The molecule has 4 heterocycles. The van der Waals surface area contributed by atoms with E-state index in [1.54, 1.807) is 7.11 Å². The van der Waals surface area contributed by atoms with Gasteiger partial charge in [0, 0.05) is 49.6 Å². The van der Waals surface area contributed by atoms with Crippen LogP contribution in [0.25, 0.3) is 0 Å². The number of hydrogen-bond acceptors (Lipinski definition) is 10. The van der Waals surface area contributed by atoms with E-state index < -0.39 is 0 Å². The lowest BCUT2D eigenvalue weighted by molar-refractivity contribution is -0.111. The van der Waals surface area contributed by atoms with Gasteiger partial charge >= 0.3 is 0 Å². The third-order valence-electron chi connectivity index (χ3n) is 7.66. The summed E-state index contributed by atoms with van der Waals surface area (Å²) in [5.41, 5.74) is 4.27. The van der Waals surface area contributed by atoms with Crippen molar-refractivity contribution in [2.75, 3.05) is 61.5 Å². The van der Waals surface area contributed by atoms with Crippen molar-refractivity contribution >= 4 is 34.6 Å². The van der Waals surface area contributed by atoms with Gasteiger partial charge < -0.3 is 25.2 Å². The number of hydrogen-bond donors (Lipinski definition) is 2. The highest BCUT2D eigenvalue weighted by molar-refractivity contribution is 6.02. The smallest absolute Gasteiger partial charge is 0.247 e. The van der Waals surface area contributed by atoms with E-state index in [4.69, 9.17) is 9.57 Å². The molecule has 11 nitrogen and oxygen atoms in total. The first-order valence-electron chi connectivity index (χ1n) is 13.9. The third kappa shape index (κ3) is 6.41. The Morgan fingerprint density at radius 3 is 2.61 bits per heavy atom. The van der Waals surface area contributed by atoms with E-state index in [0.29, 0.717) is 41.4 Å². The standard InChI is InChI=1S/C30H38N8O3/c1-6-30(39)35-23-15-24(27(40-5)16-26(23)37-12-9-22(10-13-37)36(3)4)34-28-17-29(33-19-32-28)38-25(11-14-41-38)21-8-7-20(2)31-18-21/h6-8,15-19,22,25H,1,9-14H2,2-5H3,(H,35,39)(H,32,33,34)/t25-/m1/s1. The Balaban J connectivity index is 1.42. The van der Waals surface area contributed by atoms with Gasteiger partial charge in [0.2, 0.25) is 5.91 Å². The lowest BCUT2D eigenvalue weighted by atomic mass is 10.0. The Hall–Kier alpha value is -4.22. The molecule has 1 amide bonds. The number of pyridine rings is 1. The normalized spacial score (nSPS) is 17.5. The van der Waals surface area contributed by atoms with Crippen LogP contribution < -0.4 is 25.3 Å². The van der Waals surface area contributed by atoms with Crippen LogP contribution in [-0.4, -0.2) is 72.7 Å². The number of rotatable bonds is 9. The molecule has 5 rings (SSSR count). The summed E-state index contributed by atoms with van der Waals surface area (Å²) in [6.07, 6.45) is 7.55. The fourth-order valence-corrected chi connectivity index (χ4v) is 5.35. The van der Waals surface area contributed by atoms with E-state index >= 15 is 0 Å². The molecular formula is C30H38N8O3. The van der Waals surface area contributed by atoms with Crippen molar-refractivity contribution in [2.45, 2.75) is 38.3 Å². The molecule has 11 heteroatoms. The summed E-state index contributed by atoms with van der Waals surface area (Å²) in [7, 11) is 5.87. The number of carbonyl (C=O) groups is 1. The molecule has 1 atom stereocenters. The highest BCUT2D eigenvalue weighted by Gasteiger charge is 2.30. The second-order valence-electron chi connectivity index (χ2n) is 10.5. The van der Waals surface area contributed by atoms with Gasteiger partial charge in [-0.25, -0.2) is 15.0 Å². The minimum Gasteiger partial charge on any atom is -0.494 e. The molecule has 2 aliphatic heterocycles. The number of methoxy groups -OCH3 is 1. The van der Waals surface area contributed by atoms with Crippen LogP contribution in [0.5, 0.6) is 5.75 Å². The minimum absolute atomic E-state index is 0.00276. The molecule has 0 bridgehead atoms. The number of piperidine rings is 1. The first-order valence-corrected chi connectivity index (χ1v) is 13.9. The number of aromatic nitrogens is 3. The molecule has 2 fully saturated rings. The Bertz CT molecular complexity index is 1370. The lowest BCUT2D eigenvalue weighted by Gasteiger charge is -2.37. The predicted molar refractivity (Wildman–Crippen MR) is 161 cm³/mol. The highest BCUT2D eigenvalue weighted by atomic mass is 16.7. The maximum Gasteiger partial charge on any atom is 0.247 e. The molecule has 2 saturated heterocycles. The number of amides is 1. The second kappa shape index (κ2) is 12.5. The maximum absolute atomic E-state index is 12.4. The van der Waals surface area contributed by atoms with Crippen molar-refractivity contribution in [3.8, 4) is 5.75 Å². The topological polar surface area (TPSA) is 108 Å². The molecule has 0 saturated carbocycles. The van der Waals surface area contributed by atoms with Crippen molar-refractivity contribution < 1.29 is 14.4 Å². The maximum atomic E-state index is 12.4. The van der Waals surface area contributed by atoms with Gasteiger partial charge in [-0.1, -0.05) is 12.6 Å². The largest absolute Gasteiger partial charge is 0.494 e. The zero-order valence-electron chi connectivity index (χ0n) is 24.1. The number of nitrogens with zero attached hydrogens (tertiary/aromatic N) is 6. The van der Waals surface area contributed by atoms with Crippen molar-refractivity contribution in [1.82, 2.24) is 19.9 Å². The van der Waals surface area contributed by atoms with Gasteiger partial charge in [0.15, 0.2) is 5.82 Å². The van der Waals surface area contributed by atoms with Crippen molar-refractivity contribution in [3.05, 3.63) is 66.8 Å². The average molecular weight is 559 g/mol. The summed E-state index contributed by atoms with van der Waals surface area (Å²) in [6, 6.07) is 10.3. The van der Waals surface area contributed by atoms with Gasteiger partial charge in [-0.3, -0.25) is 14.6 Å². The quantitative estimate of drug-likeness (QED) is 0.365. The van der Waals surface area contributed by atoms with E-state index in [1.165, 1.54) is 12.4 Å². The Morgan fingerprint density at radius 1 is 1.12 bits per heavy atom. The Kier molecular flexibility index (Phi) is 8.65. The Labute approximate surface area is 241 Å². The van der Waals surface area contributed by atoms with Gasteiger partial charge in [-0.05, 0) is 57.6 Å². The SMILES string of the molecule is C=CC(=O)Nc1cc(Nc2cc(N3OCC[C@@H]3c3ccc(C)nc3)ncn2)c(OC)cc1N1CCC(N(C)C)CC1. The van der Waals surface area contributed by atoms with Gasteiger partial charge in [0.1, 0.15) is 17.9 Å². The van der Waals surface area contributed by atoms with E-state index in [9.17, 15) is 4.79 Å². The van der Waals surface area contributed by atoms with Crippen molar-refractivity contribution in [1.29, 1.82) is 0 Å². The van der Waals surface area contributed by atoms with Crippen LogP contribution in [0.1, 0.15) is 36.6 Å². The van der Waals surface area contributed by atoms with E-state index in [1.807, 2.05) is 42.4 Å². The summed E-state index contributed by atoms with van der Waals surface area (Å²) in [5, 5.41) is 8.15. The highest BCUT2D eigenvalue weighted by Crippen LogP contribution is 2.40. The van der Waals surface area contributed by atoms with Crippen LogP contribution in [0.3, 0.4) is 0 Å². The molecule has 41 heavy (non-hydrogen) atoms. The molecule has 0 aliphatic carbocycles. The molecule has 2 aromatic heterocycles. The second-order valence-corrected chi connectivity index (χ2v) is 10.5. The van der Waals surface area contributed by atoms with Crippen molar-refractivity contribution in [2.24, 2.45) is 0 Å². The number of nitrogens with one attached hydrogen (secondary N) is 2. The Morgan fingerprint density at radius 2 is 1.93 bits per heavy atom. The van der Waals surface area contributed by atoms with Crippen LogP contribution in [-0.2, 0) is 9.63 Å². The number of anilines is 5. The molecule has 0 radical (unpaired) electrons. The monoisotopic (exact) mass is 558 g/mol. The summed E-state index contributed by atoms with van der Waals surface area (Å²) < 4.78 is 5.79. The molecule has 216 valence electrons. The minimum atomic E-state index is -0.280. The number of benzene rings is 1. The van der Waals surface area contributed by atoms with Gasteiger partial charge in [0.05, 0.1) is 36.8 Å². The van der Waals surface area contributed by atoms with E-state index in [2.05, 4.69) is 62.1 Å². The van der Waals surface area contributed by atoms with Gasteiger partial charge in [0.25, 0.3) is 0 Å². The lowest BCUT2D eigenvalue weighted by Crippen LogP contribution is -2.42. The number of aryl methyl sites for hydroxylation is 1. The number of carbonyl (C=O) groups excluding carboxylic acids is 1. The molecule has 3 aromatic rings. The fourth-order valence-electron chi connectivity index (χ4n) is 5.35. The van der Waals surface area contributed by atoms with E-state index in [-0.39, 0.29) is 11.9 Å². The summed E-state index contributed by atoms with van der Waals surface area (Å²) in [5.74, 6) is 1.54. The molecule has 0 spiro atoms. The van der Waals surface area contributed by atoms with Crippen LogP contribution in [0.4, 0.5) is 28.7 Å². The van der Waals surface area contributed by atoms with Gasteiger partial charge in [-0.2, -0.15) is 0 Å². The molecule has 2 N–H and O–H groups in total.